The summed E-state index contributed by atoms with van der Waals surface area (Å²) in [5.41, 5.74) is 0.703. The summed E-state index contributed by atoms with van der Waals surface area (Å²) in [6.07, 6.45) is 3.31. The highest BCUT2D eigenvalue weighted by Gasteiger charge is 2.50. The predicted octanol–water partition coefficient (Wildman–Crippen LogP) is 2.30. The van der Waals surface area contributed by atoms with Crippen molar-refractivity contribution in [2.75, 3.05) is 26.8 Å². The molecule has 3 aliphatic rings. The molecule has 1 aromatic carbocycles. The molecule has 0 radical (unpaired) electrons. The fraction of sp³-hybridized carbons (Fsp3) is 0.538. The number of carbonyl (C=O) groups excluding carboxylic acids is 4. The van der Waals surface area contributed by atoms with Crippen LogP contribution < -0.4 is 15.4 Å². The Labute approximate surface area is 229 Å². The summed E-state index contributed by atoms with van der Waals surface area (Å²) < 4.78 is 5.41. The Balaban J connectivity index is 1.42. The van der Waals surface area contributed by atoms with E-state index < -0.39 is 36.3 Å². The van der Waals surface area contributed by atoms with Gasteiger partial charge in [0.1, 0.15) is 24.1 Å². The zero-order valence-corrected chi connectivity index (χ0v) is 22.4. The van der Waals surface area contributed by atoms with E-state index in [0.717, 1.165) is 19.3 Å². The maximum Gasteiger partial charge on any atom is 0.271 e. The Morgan fingerprint density at radius 1 is 1.24 bits per heavy atom. The summed E-state index contributed by atoms with van der Waals surface area (Å²) in [6.45, 7) is 0.168. The number of H-pyrrole nitrogens is 1. The molecule has 10 nitrogen and oxygen atoms in total. The molecular weight excluding hydrogens is 535 g/mol. The van der Waals surface area contributed by atoms with Crippen LogP contribution in [0.2, 0.25) is 10.0 Å². The maximum atomic E-state index is 13.8. The number of aromatic nitrogens is 1. The van der Waals surface area contributed by atoms with Gasteiger partial charge in [-0.1, -0.05) is 29.6 Å². The minimum Gasteiger partial charge on any atom is -0.496 e. The number of aliphatic hydroxyl groups is 1. The quantitative estimate of drug-likeness (QED) is 0.387. The molecule has 3 amide bonds. The van der Waals surface area contributed by atoms with Crippen molar-refractivity contribution in [1.82, 2.24) is 20.5 Å². The molecule has 1 saturated carbocycles. The molecule has 4 N–H and O–H groups in total. The lowest BCUT2D eigenvalue weighted by Crippen LogP contribution is -2.53. The second kappa shape index (κ2) is 10.7. The van der Waals surface area contributed by atoms with Crippen LogP contribution >= 0.6 is 23.2 Å². The van der Waals surface area contributed by atoms with E-state index in [1.807, 2.05) is 0 Å². The van der Waals surface area contributed by atoms with E-state index in [1.54, 1.807) is 17.0 Å². The van der Waals surface area contributed by atoms with Gasteiger partial charge < -0.3 is 30.4 Å². The highest BCUT2D eigenvalue weighted by atomic mass is 35.5. The summed E-state index contributed by atoms with van der Waals surface area (Å²) in [6, 6.07) is 1.41. The van der Waals surface area contributed by atoms with Crippen LogP contribution in [0, 0.1) is 17.8 Å². The van der Waals surface area contributed by atoms with Gasteiger partial charge >= 0.3 is 0 Å². The minimum atomic E-state index is -1.02. The third-order valence-corrected chi connectivity index (χ3v) is 8.97. The van der Waals surface area contributed by atoms with Crippen molar-refractivity contribution >= 4 is 57.6 Å². The molecule has 2 aliphatic heterocycles. The highest BCUT2D eigenvalue weighted by Crippen LogP contribution is 2.43. The molecule has 2 aromatic rings. The molecule has 204 valence electrons. The topological polar surface area (TPSA) is 141 Å². The van der Waals surface area contributed by atoms with Crippen molar-refractivity contribution < 1.29 is 29.0 Å². The lowest BCUT2D eigenvalue weighted by Gasteiger charge is -2.29. The second-order valence-corrected chi connectivity index (χ2v) is 11.1. The summed E-state index contributed by atoms with van der Waals surface area (Å²) in [7, 11) is 1.49. The third-order valence-electron chi connectivity index (χ3n) is 8.18. The molecule has 2 saturated heterocycles. The molecule has 12 heteroatoms. The molecule has 5 rings (SSSR count). The van der Waals surface area contributed by atoms with Gasteiger partial charge in [-0.3, -0.25) is 19.2 Å². The van der Waals surface area contributed by atoms with E-state index >= 15 is 0 Å². The Bertz CT molecular complexity index is 1300. The smallest absolute Gasteiger partial charge is 0.271 e. The molecule has 38 heavy (non-hydrogen) atoms. The van der Waals surface area contributed by atoms with Crippen molar-refractivity contribution in [3.63, 3.8) is 0 Å². The normalized spacial score (nSPS) is 25.4. The first-order chi connectivity index (χ1) is 18.2. The van der Waals surface area contributed by atoms with E-state index in [-0.39, 0.29) is 45.8 Å². The van der Waals surface area contributed by atoms with Crippen LogP contribution in [0.4, 0.5) is 0 Å². The Morgan fingerprint density at radius 3 is 2.71 bits per heavy atom. The van der Waals surface area contributed by atoms with Crippen LogP contribution in [0.5, 0.6) is 5.75 Å². The number of benzene rings is 1. The first kappa shape index (κ1) is 26.8. The van der Waals surface area contributed by atoms with E-state index in [2.05, 4.69) is 15.6 Å². The number of aliphatic hydroxyl groups excluding tert-OH is 1. The standard InChI is InChI=1S/C26H30Cl2N4O6/c1-38-20-9-16(27)21(28)22-15(20)8-18(30-22)26(37)32-10-13-3-2-4-14(13)23(32)25(36)31-17(19(34)11-33)7-12-5-6-29-24(12)35/h8-9,12-14,17,23,30,33H,2-7,10-11H2,1H3,(H,29,35)(H,31,36)/t12-,13-,14-,17-,23-/m0/s1. The van der Waals surface area contributed by atoms with Crippen molar-refractivity contribution in [2.45, 2.75) is 44.2 Å². The highest BCUT2D eigenvalue weighted by molar-refractivity contribution is 6.45. The van der Waals surface area contributed by atoms with Gasteiger partial charge in [0.15, 0.2) is 5.78 Å². The number of likely N-dealkylation sites (tertiary alicyclic amines) is 1. The number of rotatable bonds is 8. The van der Waals surface area contributed by atoms with Crippen molar-refractivity contribution in [1.29, 1.82) is 0 Å². The van der Waals surface area contributed by atoms with Gasteiger partial charge in [0, 0.05) is 30.5 Å². The lowest BCUT2D eigenvalue weighted by molar-refractivity contribution is -0.133. The van der Waals surface area contributed by atoms with Crippen LogP contribution in [0.25, 0.3) is 10.9 Å². The molecule has 1 aromatic heterocycles. The SMILES string of the molecule is COc1cc(Cl)c(Cl)c2[nH]c(C(=O)N3C[C@@H]4CCC[C@@H]4[C@H]3C(=O)N[C@@H](C[C@@H]3CCNC3=O)C(=O)CO)cc12. The first-order valence-electron chi connectivity index (χ1n) is 12.8. The Kier molecular flexibility index (Phi) is 7.57. The third kappa shape index (κ3) is 4.74. The second-order valence-electron chi connectivity index (χ2n) is 10.3. The van der Waals surface area contributed by atoms with Gasteiger partial charge in [-0.2, -0.15) is 0 Å². The maximum absolute atomic E-state index is 13.8. The number of aromatic amines is 1. The van der Waals surface area contributed by atoms with Crippen LogP contribution in [-0.4, -0.2) is 77.4 Å². The number of amides is 3. The fourth-order valence-corrected chi connectivity index (χ4v) is 6.68. The number of nitrogens with one attached hydrogen (secondary N) is 3. The zero-order valence-electron chi connectivity index (χ0n) is 20.9. The number of ether oxygens (including phenoxy) is 1. The van der Waals surface area contributed by atoms with Gasteiger partial charge in [-0.25, -0.2) is 0 Å². The summed E-state index contributed by atoms with van der Waals surface area (Å²) in [5, 5.41) is 16.2. The fourth-order valence-electron chi connectivity index (χ4n) is 6.28. The van der Waals surface area contributed by atoms with Crippen molar-refractivity contribution in [2.24, 2.45) is 17.8 Å². The number of carbonyl (C=O) groups is 4. The van der Waals surface area contributed by atoms with Crippen molar-refractivity contribution in [3.8, 4) is 5.75 Å². The molecule has 1 aliphatic carbocycles. The lowest BCUT2D eigenvalue weighted by atomic mass is 9.92. The number of hydrogen-bond donors (Lipinski definition) is 4. The van der Waals surface area contributed by atoms with E-state index in [4.69, 9.17) is 27.9 Å². The summed E-state index contributed by atoms with van der Waals surface area (Å²) in [4.78, 5) is 56.7. The van der Waals surface area contributed by atoms with Gasteiger partial charge in [-0.15, -0.1) is 0 Å². The van der Waals surface area contributed by atoms with E-state index in [1.165, 1.54) is 7.11 Å². The van der Waals surface area contributed by atoms with E-state index in [0.29, 0.717) is 36.2 Å². The average Bonchev–Trinajstić information content (AvgIpc) is 3.69. The largest absolute Gasteiger partial charge is 0.496 e. The number of ketones is 1. The number of Topliss-reactive ketones (excluding diaryl/α,β-unsaturated/α-hetero) is 1. The van der Waals surface area contributed by atoms with Crippen molar-refractivity contribution in [3.05, 3.63) is 27.9 Å². The van der Waals surface area contributed by atoms with Crippen LogP contribution in [0.1, 0.15) is 42.6 Å². The average molecular weight is 565 g/mol. The Hall–Kier alpha value is -2.82. The van der Waals surface area contributed by atoms with Crippen LogP contribution in [-0.2, 0) is 14.4 Å². The van der Waals surface area contributed by atoms with Gasteiger partial charge in [-0.05, 0) is 43.6 Å². The molecular formula is C26H30Cl2N4O6. The molecule has 0 unspecified atom stereocenters. The number of fused-ring (bicyclic) bond motifs is 2. The van der Waals surface area contributed by atoms with Gasteiger partial charge in [0.05, 0.1) is 28.7 Å². The van der Waals surface area contributed by atoms with E-state index in [9.17, 15) is 24.3 Å². The van der Waals surface area contributed by atoms with Gasteiger partial charge in [0.2, 0.25) is 11.8 Å². The number of halogens is 2. The molecule has 0 bridgehead atoms. The number of hydrogen-bond acceptors (Lipinski definition) is 6. The Morgan fingerprint density at radius 2 is 2.03 bits per heavy atom. The molecule has 0 spiro atoms. The molecule has 3 fully saturated rings. The zero-order chi connectivity index (χ0) is 27.1. The van der Waals surface area contributed by atoms with Crippen LogP contribution in [0.3, 0.4) is 0 Å². The number of nitrogens with zero attached hydrogens (tertiary/aromatic N) is 1. The first-order valence-corrected chi connectivity index (χ1v) is 13.6. The summed E-state index contributed by atoms with van der Waals surface area (Å²) >= 11 is 12.6. The predicted molar refractivity (Wildman–Crippen MR) is 140 cm³/mol. The number of methoxy groups -OCH3 is 1. The van der Waals surface area contributed by atoms with Gasteiger partial charge in [0.25, 0.3) is 5.91 Å². The minimum absolute atomic E-state index is 0.0458. The van der Waals surface area contributed by atoms with Crippen LogP contribution in [0.15, 0.2) is 12.1 Å². The molecule has 5 atom stereocenters. The monoisotopic (exact) mass is 564 g/mol. The molecule has 3 heterocycles. The summed E-state index contributed by atoms with van der Waals surface area (Å²) in [5.74, 6) is -1.40.